The Morgan fingerprint density at radius 3 is 2.47 bits per heavy atom. The van der Waals surface area contributed by atoms with E-state index in [0.717, 1.165) is 11.3 Å². The van der Waals surface area contributed by atoms with Crippen LogP contribution < -0.4 is 10.2 Å². The molecule has 0 aromatic heterocycles. The fourth-order valence-corrected chi connectivity index (χ4v) is 2.78. The molecule has 2 N–H and O–H groups in total. The SMILES string of the molecule is CC(=O)N1c2ccccc2[C@H](NC(=O)O)[C@@H](C)[C@@H]1C. The molecule has 0 saturated carbocycles. The summed E-state index contributed by atoms with van der Waals surface area (Å²) in [4.78, 5) is 24.5. The fourth-order valence-electron chi connectivity index (χ4n) is 2.78. The van der Waals surface area contributed by atoms with Gasteiger partial charge in [-0.2, -0.15) is 0 Å². The van der Waals surface area contributed by atoms with E-state index in [0.29, 0.717) is 0 Å². The van der Waals surface area contributed by atoms with Crippen molar-refractivity contribution in [2.75, 3.05) is 4.90 Å². The first-order valence-corrected chi connectivity index (χ1v) is 6.31. The number of rotatable bonds is 1. The highest BCUT2D eigenvalue weighted by Gasteiger charge is 2.38. The Kier molecular flexibility index (Phi) is 3.46. The van der Waals surface area contributed by atoms with Gasteiger partial charge in [0, 0.05) is 24.6 Å². The number of anilines is 1. The maximum atomic E-state index is 11.8. The molecule has 0 spiro atoms. The first-order chi connectivity index (χ1) is 8.93. The van der Waals surface area contributed by atoms with Crippen LogP contribution in [0.1, 0.15) is 32.4 Å². The zero-order valence-electron chi connectivity index (χ0n) is 11.3. The summed E-state index contributed by atoms with van der Waals surface area (Å²) >= 11 is 0. The molecule has 1 aromatic rings. The predicted octanol–water partition coefficient (Wildman–Crippen LogP) is 2.39. The van der Waals surface area contributed by atoms with Gasteiger partial charge in [-0.15, -0.1) is 0 Å². The molecule has 2 amide bonds. The van der Waals surface area contributed by atoms with Crippen molar-refractivity contribution >= 4 is 17.7 Å². The number of nitrogens with one attached hydrogen (secondary N) is 1. The van der Waals surface area contributed by atoms with Gasteiger partial charge in [0.25, 0.3) is 0 Å². The summed E-state index contributed by atoms with van der Waals surface area (Å²) in [6, 6.07) is 7.10. The molecule has 0 bridgehead atoms. The van der Waals surface area contributed by atoms with Crippen LogP contribution in [0, 0.1) is 5.92 Å². The van der Waals surface area contributed by atoms with Gasteiger partial charge >= 0.3 is 6.09 Å². The number of carboxylic acid groups (broad SMARTS) is 1. The maximum absolute atomic E-state index is 11.8. The van der Waals surface area contributed by atoms with E-state index >= 15 is 0 Å². The third kappa shape index (κ3) is 2.28. The lowest BCUT2D eigenvalue weighted by atomic mass is 9.83. The van der Waals surface area contributed by atoms with Crippen LogP contribution in [-0.2, 0) is 4.79 Å². The van der Waals surface area contributed by atoms with Crippen LogP contribution in [0.3, 0.4) is 0 Å². The van der Waals surface area contributed by atoms with Gasteiger partial charge in [0.05, 0.1) is 6.04 Å². The molecule has 1 aromatic carbocycles. The zero-order chi connectivity index (χ0) is 14.2. The Morgan fingerprint density at radius 2 is 1.89 bits per heavy atom. The molecule has 0 aliphatic carbocycles. The largest absolute Gasteiger partial charge is 0.465 e. The number of fused-ring (bicyclic) bond motifs is 1. The smallest absolute Gasteiger partial charge is 0.405 e. The third-order valence-corrected chi connectivity index (χ3v) is 3.84. The highest BCUT2D eigenvalue weighted by Crippen LogP contribution is 2.40. The van der Waals surface area contributed by atoms with Crippen LogP contribution in [0.4, 0.5) is 10.5 Å². The molecule has 19 heavy (non-hydrogen) atoms. The average Bonchev–Trinajstić information content (AvgIpc) is 2.34. The highest BCUT2D eigenvalue weighted by molar-refractivity contribution is 5.93. The minimum absolute atomic E-state index is 0.00917. The summed E-state index contributed by atoms with van der Waals surface area (Å²) in [5, 5.41) is 11.5. The molecule has 1 aliphatic heterocycles. The second kappa shape index (κ2) is 4.91. The molecule has 1 heterocycles. The highest BCUT2D eigenvalue weighted by atomic mass is 16.4. The van der Waals surface area contributed by atoms with Gasteiger partial charge in [0.2, 0.25) is 5.91 Å². The van der Waals surface area contributed by atoms with Crippen molar-refractivity contribution in [2.45, 2.75) is 32.9 Å². The summed E-state index contributed by atoms with van der Waals surface area (Å²) in [7, 11) is 0. The van der Waals surface area contributed by atoms with Crippen molar-refractivity contribution in [1.82, 2.24) is 5.32 Å². The standard InChI is InChI=1S/C14H18N2O3/c1-8-9(2)16(10(3)17)12-7-5-4-6-11(12)13(8)15-14(18)19/h4-9,13,15H,1-3H3,(H,18,19)/t8-,9-,13+/m0/s1. The Bertz CT molecular complexity index is 515. The van der Waals surface area contributed by atoms with Crippen molar-refractivity contribution in [2.24, 2.45) is 5.92 Å². The molecule has 5 heteroatoms. The predicted molar refractivity (Wildman–Crippen MR) is 72.1 cm³/mol. The minimum Gasteiger partial charge on any atom is -0.465 e. The molecule has 0 fully saturated rings. The molecule has 1 aliphatic rings. The number of para-hydroxylation sites is 1. The number of benzene rings is 1. The summed E-state index contributed by atoms with van der Waals surface area (Å²) < 4.78 is 0. The number of amides is 2. The molecule has 3 atom stereocenters. The van der Waals surface area contributed by atoms with E-state index in [-0.39, 0.29) is 23.9 Å². The van der Waals surface area contributed by atoms with Crippen LogP contribution in [0.2, 0.25) is 0 Å². The Labute approximate surface area is 112 Å². The van der Waals surface area contributed by atoms with Crippen molar-refractivity contribution in [1.29, 1.82) is 0 Å². The quantitative estimate of drug-likeness (QED) is 0.816. The van der Waals surface area contributed by atoms with Gasteiger partial charge in [0.15, 0.2) is 0 Å². The molecule has 2 rings (SSSR count). The third-order valence-electron chi connectivity index (χ3n) is 3.84. The number of nitrogens with zero attached hydrogens (tertiary/aromatic N) is 1. The molecular weight excluding hydrogens is 244 g/mol. The number of carbonyl (C=O) groups is 2. The van der Waals surface area contributed by atoms with Gasteiger partial charge in [0.1, 0.15) is 0 Å². The Morgan fingerprint density at radius 1 is 1.26 bits per heavy atom. The number of hydrogen-bond donors (Lipinski definition) is 2. The van der Waals surface area contributed by atoms with Crippen molar-refractivity contribution in [3.8, 4) is 0 Å². The van der Waals surface area contributed by atoms with E-state index < -0.39 is 6.09 Å². The van der Waals surface area contributed by atoms with Gasteiger partial charge < -0.3 is 15.3 Å². The Hall–Kier alpha value is -2.04. The lowest BCUT2D eigenvalue weighted by Crippen LogP contribution is -2.50. The van der Waals surface area contributed by atoms with Gasteiger partial charge in [-0.25, -0.2) is 4.79 Å². The minimum atomic E-state index is -1.05. The number of hydrogen-bond acceptors (Lipinski definition) is 2. The van der Waals surface area contributed by atoms with Crippen LogP contribution in [0.25, 0.3) is 0 Å². The van der Waals surface area contributed by atoms with Crippen molar-refractivity contribution in [3.05, 3.63) is 29.8 Å². The zero-order valence-corrected chi connectivity index (χ0v) is 11.3. The molecule has 0 saturated heterocycles. The van der Waals surface area contributed by atoms with Crippen LogP contribution in [0.15, 0.2) is 24.3 Å². The monoisotopic (exact) mass is 262 g/mol. The second-order valence-electron chi connectivity index (χ2n) is 4.97. The van der Waals surface area contributed by atoms with Crippen LogP contribution in [-0.4, -0.2) is 23.1 Å². The summed E-state index contributed by atoms with van der Waals surface area (Å²) in [6.07, 6.45) is -1.05. The van der Waals surface area contributed by atoms with E-state index in [9.17, 15) is 9.59 Å². The summed E-state index contributed by atoms with van der Waals surface area (Å²) in [5.41, 5.74) is 1.64. The number of carbonyl (C=O) groups excluding carboxylic acids is 1. The normalized spacial score (nSPS) is 25.6. The lowest BCUT2D eigenvalue weighted by Gasteiger charge is -2.43. The van der Waals surface area contributed by atoms with Gasteiger partial charge in [-0.05, 0) is 18.6 Å². The molecule has 5 nitrogen and oxygen atoms in total. The molecular formula is C14H18N2O3. The molecule has 0 radical (unpaired) electrons. The van der Waals surface area contributed by atoms with E-state index in [1.807, 2.05) is 38.1 Å². The summed E-state index contributed by atoms with van der Waals surface area (Å²) in [6.45, 7) is 5.43. The van der Waals surface area contributed by atoms with E-state index in [1.165, 1.54) is 6.92 Å². The van der Waals surface area contributed by atoms with Gasteiger partial charge in [-0.1, -0.05) is 25.1 Å². The average molecular weight is 262 g/mol. The van der Waals surface area contributed by atoms with Crippen LogP contribution in [0.5, 0.6) is 0 Å². The molecule has 0 unspecified atom stereocenters. The van der Waals surface area contributed by atoms with Gasteiger partial charge in [-0.3, -0.25) is 4.79 Å². The van der Waals surface area contributed by atoms with E-state index in [2.05, 4.69) is 5.32 Å². The maximum Gasteiger partial charge on any atom is 0.405 e. The first kappa shape index (κ1) is 13.4. The lowest BCUT2D eigenvalue weighted by molar-refractivity contribution is -0.117. The first-order valence-electron chi connectivity index (χ1n) is 6.31. The molecule has 102 valence electrons. The topological polar surface area (TPSA) is 69.6 Å². The van der Waals surface area contributed by atoms with Crippen molar-refractivity contribution in [3.63, 3.8) is 0 Å². The fraction of sp³-hybridized carbons (Fsp3) is 0.429. The van der Waals surface area contributed by atoms with Crippen LogP contribution >= 0.6 is 0 Å². The Balaban J connectivity index is 2.52. The van der Waals surface area contributed by atoms with Crippen molar-refractivity contribution < 1.29 is 14.7 Å². The van der Waals surface area contributed by atoms with E-state index in [4.69, 9.17) is 5.11 Å². The summed E-state index contributed by atoms with van der Waals surface area (Å²) in [5.74, 6) is -0.0181. The van der Waals surface area contributed by atoms with E-state index in [1.54, 1.807) is 4.90 Å². The second-order valence-corrected chi connectivity index (χ2v) is 4.97.